The van der Waals surface area contributed by atoms with Gasteiger partial charge in [-0.1, -0.05) is 34.1 Å². The van der Waals surface area contributed by atoms with Crippen LogP contribution in [0.5, 0.6) is 0 Å². The van der Waals surface area contributed by atoms with Crippen molar-refractivity contribution in [2.45, 2.75) is 25.0 Å². The monoisotopic (exact) mass is 292 g/mol. The number of hydrogen-bond acceptors (Lipinski definition) is 2. The van der Waals surface area contributed by atoms with Gasteiger partial charge in [-0.2, -0.15) is 0 Å². The molecule has 2 heterocycles. The van der Waals surface area contributed by atoms with Crippen LogP contribution in [0.2, 0.25) is 0 Å². The van der Waals surface area contributed by atoms with Crippen LogP contribution in [-0.4, -0.2) is 0 Å². The molecule has 0 saturated carbocycles. The van der Waals surface area contributed by atoms with Gasteiger partial charge >= 0.3 is 0 Å². The molecule has 17 heavy (non-hydrogen) atoms. The maximum atomic E-state index is 5.52. The Morgan fingerprint density at radius 1 is 1.18 bits per heavy atom. The van der Waals surface area contributed by atoms with E-state index in [-0.39, 0.29) is 4.83 Å². The predicted octanol–water partition coefficient (Wildman–Crippen LogP) is 4.10. The van der Waals surface area contributed by atoms with Crippen molar-refractivity contribution in [2.75, 3.05) is 0 Å². The maximum Gasteiger partial charge on any atom is 0.124 e. The predicted molar refractivity (Wildman–Crippen MR) is 69.2 cm³/mol. The average Bonchev–Trinajstić information content (AvgIpc) is 2.95. The van der Waals surface area contributed by atoms with Crippen molar-refractivity contribution in [1.82, 2.24) is 0 Å². The molecule has 3 rings (SSSR count). The molecule has 0 bridgehead atoms. The van der Waals surface area contributed by atoms with Gasteiger partial charge in [0.2, 0.25) is 0 Å². The molecule has 88 valence electrons. The Labute approximate surface area is 109 Å². The van der Waals surface area contributed by atoms with Crippen LogP contribution in [0.15, 0.2) is 34.9 Å². The number of aryl methyl sites for hydroxylation is 1. The first kappa shape index (κ1) is 11.1. The first-order valence-corrected chi connectivity index (χ1v) is 6.55. The van der Waals surface area contributed by atoms with Crippen LogP contribution in [0.25, 0.3) is 0 Å². The number of rotatable bonds is 2. The molecular formula is C14H13BrO2. The van der Waals surface area contributed by atoms with Gasteiger partial charge in [-0.05, 0) is 35.2 Å². The molecule has 0 fully saturated rings. The highest BCUT2D eigenvalue weighted by molar-refractivity contribution is 9.09. The molecule has 2 nitrogen and oxygen atoms in total. The second-order valence-electron chi connectivity index (χ2n) is 4.35. The van der Waals surface area contributed by atoms with Gasteiger partial charge < -0.3 is 9.15 Å². The zero-order valence-electron chi connectivity index (χ0n) is 9.57. The third kappa shape index (κ3) is 1.94. The molecule has 0 saturated heterocycles. The molecule has 1 unspecified atom stereocenters. The van der Waals surface area contributed by atoms with Crippen LogP contribution in [0.3, 0.4) is 0 Å². The fourth-order valence-electron chi connectivity index (χ4n) is 2.15. The molecule has 1 atom stereocenters. The lowest BCUT2D eigenvalue weighted by Crippen LogP contribution is -1.95. The van der Waals surface area contributed by atoms with E-state index in [0.717, 1.165) is 19.0 Å². The van der Waals surface area contributed by atoms with Gasteiger partial charge in [0, 0.05) is 0 Å². The number of halogens is 1. The molecule has 0 amide bonds. The third-order valence-electron chi connectivity index (χ3n) is 3.17. The van der Waals surface area contributed by atoms with Crippen LogP contribution in [0, 0.1) is 6.92 Å². The van der Waals surface area contributed by atoms with E-state index >= 15 is 0 Å². The Morgan fingerprint density at radius 2 is 2.00 bits per heavy atom. The van der Waals surface area contributed by atoms with Gasteiger partial charge in [-0.3, -0.25) is 0 Å². The van der Waals surface area contributed by atoms with E-state index in [4.69, 9.17) is 9.15 Å². The molecule has 1 aromatic carbocycles. The SMILES string of the molecule is Cc1ccoc1C(Br)c1ccc2c(c1)COC2. The zero-order valence-corrected chi connectivity index (χ0v) is 11.2. The summed E-state index contributed by atoms with van der Waals surface area (Å²) < 4.78 is 10.9. The van der Waals surface area contributed by atoms with E-state index in [0.29, 0.717) is 0 Å². The highest BCUT2D eigenvalue weighted by Crippen LogP contribution is 2.35. The van der Waals surface area contributed by atoms with Crippen LogP contribution in [0.1, 0.15) is 32.8 Å². The normalized spacial score (nSPS) is 15.9. The quantitative estimate of drug-likeness (QED) is 0.778. The van der Waals surface area contributed by atoms with Crippen LogP contribution in [0.4, 0.5) is 0 Å². The number of benzene rings is 1. The average molecular weight is 293 g/mol. The van der Waals surface area contributed by atoms with Crippen LogP contribution in [-0.2, 0) is 18.0 Å². The first-order valence-electron chi connectivity index (χ1n) is 5.63. The van der Waals surface area contributed by atoms with Gasteiger partial charge in [-0.25, -0.2) is 0 Å². The lowest BCUT2D eigenvalue weighted by atomic mass is 10.0. The molecule has 1 aliphatic heterocycles. The van der Waals surface area contributed by atoms with Gasteiger partial charge in [0.15, 0.2) is 0 Å². The summed E-state index contributed by atoms with van der Waals surface area (Å²) in [6.07, 6.45) is 1.73. The fourth-order valence-corrected chi connectivity index (χ4v) is 2.90. The lowest BCUT2D eigenvalue weighted by molar-refractivity contribution is 0.134. The van der Waals surface area contributed by atoms with Crippen LogP contribution >= 0.6 is 15.9 Å². The minimum atomic E-state index is 0.114. The molecule has 1 aromatic heterocycles. The summed E-state index contributed by atoms with van der Waals surface area (Å²) >= 11 is 3.70. The third-order valence-corrected chi connectivity index (χ3v) is 4.11. The summed E-state index contributed by atoms with van der Waals surface area (Å²) in [6.45, 7) is 3.52. The molecule has 3 heteroatoms. The number of furan rings is 1. The van der Waals surface area contributed by atoms with Gasteiger partial charge in [0.05, 0.1) is 24.3 Å². The molecule has 0 aliphatic carbocycles. The molecule has 1 aliphatic rings. The highest BCUT2D eigenvalue weighted by Gasteiger charge is 2.19. The Bertz CT molecular complexity index is 545. The largest absolute Gasteiger partial charge is 0.468 e. The van der Waals surface area contributed by atoms with Gasteiger partial charge in [-0.15, -0.1) is 0 Å². The molecular weight excluding hydrogens is 280 g/mol. The Balaban J connectivity index is 1.97. The van der Waals surface area contributed by atoms with E-state index in [1.165, 1.54) is 22.3 Å². The summed E-state index contributed by atoms with van der Waals surface area (Å²) in [5, 5.41) is 0. The second kappa shape index (κ2) is 4.31. The minimum Gasteiger partial charge on any atom is -0.468 e. The smallest absolute Gasteiger partial charge is 0.124 e. The summed E-state index contributed by atoms with van der Waals surface area (Å²) in [6, 6.07) is 8.46. The van der Waals surface area contributed by atoms with Crippen molar-refractivity contribution in [2.24, 2.45) is 0 Å². The van der Waals surface area contributed by atoms with Gasteiger partial charge in [0.25, 0.3) is 0 Å². The topological polar surface area (TPSA) is 22.4 Å². The van der Waals surface area contributed by atoms with Crippen molar-refractivity contribution >= 4 is 15.9 Å². The number of alkyl halides is 1. The van der Waals surface area contributed by atoms with E-state index in [1.54, 1.807) is 6.26 Å². The number of fused-ring (bicyclic) bond motifs is 1. The van der Waals surface area contributed by atoms with Crippen molar-refractivity contribution in [1.29, 1.82) is 0 Å². The zero-order chi connectivity index (χ0) is 11.8. The summed E-state index contributed by atoms with van der Waals surface area (Å²) in [7, 11) is 0. The molecule has 0 spiro atoms. The lowest BCUT2D eigenvalue weighted by Gasteiger charge is -2.10. The van der Waals surface area contributed by atoms with E-state index in [1.807, 2.05) is 6.07 Å². The van der Waals surface area contributed by atoms with E-state index < -0.39 is 0 Å². The Kier molecular flexibility index (Phi) is 2.81. The standard InChI is InChI=1S/C14H13BrO2/c1-9-4-5-17-14(9)13(15)10-2-3-11-7-16-8-12(11)6-10/h2-6,13H,7-8H2,1H3. The molecule has 0 radical (unpaired) electrons. The summed E-state index contributed by atoms with van der Waals surface area (Å²) in [4.78, 5) is 0.114. The second-order valence-corrected chi connectivity index (χ2v) is 5.27. The number of hydrogen-bond donors (Lipinski definition) is 0. The summed E-state index contributed by atoms with van der Waals surface area (Å²) in [5.41, 5.74) is 4.97. The van der Waals surface area contributed by atoms with Crippen LogP contribution < -0.4 is 0 Å². The van der Waals surface area contributed by atoms with Crippen molar-refractivity contribution in [3.8, 4) is 0 Å². The van der Waals surface area contributed by atoms with Gasteiger partial charge in [0.1, 0.15) is 5.76 Å². The highest BCUT2D eigenvalue weighted by atomic mass is 79.9. The van der Waals surface area contributed by atoms with E-state index in [2.05, 4.69) is 41.1 Å². The van der Waals surface area contributed by atoms with Crippen molar-refractivity contribution in [3.63, 3.8) is 0 Å². The molecule has 2 aromatic rings. The van der Waals surface area contributed by atoms with E-state index in [9.17, 15) is 0 Å². The summed E-state index contributed by atoms with van der Waals surface area (Å²) in [5.74, 6) is 0.976. The fraction of sp³-hybridized carbons (Fsp3) is 0.286. The molecule has 0 N–H and O–H groups in total. The van der Waals surface area contributed by atoms with Crippen molar-refractivity contribution in [3.05, 3.63) is 58.5 Å². The Hall–Kier alpha value is -1.06. The Morgan fingerprint density at radius 3 is 2.76 bits per heavy atom. The first-order chi connectivity index (χ1) is 8.25. The minimum absolute atomic E-state index is 0.114. The van der Waals surface area contributed by atoms with Crippen molar-refractivity contribution < 1.29 is 9.15 Å². The number of ether oxygens (including phenoxy) is 1. The maximum absolute atomic E-state index is 5.52.